The quantitative estimate of drug-likeness (QED) is 0.775. The Kier molecular flexibility index (Phi) is 3.42. The predicted molar refractivity (Wildman–Crippen MR) is 84.2 cm³/mol. The van der Waals surface area contributed by atoms with Gasteiger partial charge in [0.15, 0.2) is 5.82 Å². The second-order valence-corrected chi connectivity index (χ2v) is 4.91. The molecule has 0 aliphatic carbocycles. The number of phenolic OH excluding ortho intramolecular Hbond substituents is 1. The van der Waals surface area contributed by atoms with Crippen LogP contribution in [0.15, 0.2) is 42.5 Å². The van der Waals surface area contributed by atoms with Gasteiger partial charge in [-0.15, -0.1) is 5.10 Å². The van der Waals surface area contributed by atoms with Crippen molar-refractivity contribution in [2.24, 2.45) is 0 Å². The Labute approximate surface area is 127 Å². The fraction of sp³-hybridized carbons (Fsp3) is 0.125. The molecule has 1 aromatic heterocycles. The Morgan fingerprint density at radius 3 is 2.64 bits per heavy atom. The van der Waals surface area contributed by atoms with Crippen LogP contribution in [0.2, 0.25) is 0 Å². The zero-order chi connectivity index (χ0) is 15.7. The summed E-state index contributed by atoms with van der Waals surface area (Å²) in [5, 5.41) is 18.1. The van der Waals surface area contributed by atoms with Gasteiger partial charge in [-0.3, -0.25) is 0 Å². The molecular formula is C16H16N4O2. The van der Waals surface area contributed by atoms with E-state index in [1.165, 1.54) is 4.68 Å². The number of nitrogen functional groups attached to an aromatic ring is 1. The van der Waals surface area contributed by atoms with Crippen LogP contribution in [0.1, 0.15) is 5.56 Å². The molecule has 112 valence electrons. The number of methoxy groups -OCH3 is 1. The summed E-state index contributed by atoms with van der Waals surface area (Å²) in [6.07, 6.45) is 0. The fourth-order valence-electron chi connectivity index (χ4n) is 2.34. The normalized spacial score (nSPS) is 10.6. The highest BCUT2D eigenvalue weighted by Crippen LogP contribution is 2.31. The van der Waals surface area contributed by atoms with Crippen molar-refractivity contribution in [1.82, 2.24) is 15.0 Å². The average molecular weight is 296 g/mol. The van der Waals surface area contributed by atoms with E-state index in [4.69, 9.17) is 10.5 Å². The summed E-state index contributed by atoms with van der Waals surface area (Å²) in [7, 11) is 1.63. The number of hydrogen-bond acceptors (Lipinski definition) is 5. The monoisotopic (exact) mass is 296 g/mol. The molecule has 0 atom stereocenters. The SMILES string of the molecule is COc1ccc(-c2nnn(-c3ccccc3O)c2N)cc1C. The molecule has 3 aromatic rings. The lowest BCUT2D eigenvalue weighted by Gasteiger charge is -2.07. The molecule has 0 aliphatic rings. The molecule has 0 saturated heterocycles. The summed E-state index contributed by atoms with van der Waals surface area (Å²) in [5.74, 6) is 1.26. The number of benzene rings is 2. The van der Waals surface area contributed by atoms with Gasteiger partial charge < -0.3 is 15.6 Å². The minimum absolute atomic E-state index is 0.0940. The van der Waals surface area contributed by atoms with Crippen LogP contribution in [0.5, 0.6) is 11.5 Å². The summed E-state index contributed by atoms with van der Waals surface area (Å²) < 4.78 is 6.67. The molecule has 0 spiro atoms. The van der Waals surface area contributed by atoms with Crippen molar-refractivity contribution in [2.75, 3.05) is 12.8 Å². The van der Waals surface area contributed by atoms with Crippen molar-refractivity contribution < 1.29 is 9.84 Å². The standard InChI is InChI=1S/C16H16N4O2/c1-10-9-11(7-8-14(10)22-2)15-16(17)20(19-18-15)12-5-3-4-6-13(12)21/h3-9,21H,17H2,1-2H3. The van der Waals surface area contributed by atoms with Gasteiger partial charge in [-0.2, -0.15) is 4.68 Å². The molecule has 3 rings (SSSR count). The summed E-state index contributed by atoms with van der Waals surface area (Å²) in [4.78, 5) is 0. The molecule has 22 heavy (non-hydrogen) atoms. The second kappa shape index (κ2) is 5.40. The fourth-order valence-corrected chi connectivity index (χ4v) is 2.34. The first-order chi connectivity index (χ1) is 10.6. The Morgan fingerprint density at radius 2 is 1.95 bits per heavy atom. The Morgan fingerprint density at radius 1 is 1.18 bits per heavy atom. The van der Waals surface area contributed by atoms with E-state index in [9.17, 15) is 5.11 Å². The van der Waals surface area contributed by atoms with Crippen LogP contribution in [0.3, 0.4) is 0 Å². The van der Waals surface area contributed by atoms with Crippen LogP contribution in [-0.4, -0.2) is 27.2 Å². The van der Waals surface area contributed by atoms with Gasteiger partial charge in [0.05, 0.1) is 7.11 Å². The van der Waals surface area contributed by atoms with E-state index in [0.29, 0.717) is 17.2 Å². The molecule has 0 unspecified atom stereocenters. The number of rotatable bonds is 3. The van der Waals surface area contributed by atoms with Gasteiger partial charge in [0, 0.05) is 5.56 Å². The van der Waals surface area contributed by atoms with E-state index >= 15 is 0 Å². The number of anilines is 1. The van der Waals surface area contributed by atoms with E-state index in [-0.39, 0.29) is 5.75 Å². The van der Waals surface area contributed by atoms with E-state index in [1.54, 1.807) is 31.4 Å². The van der Waals surface area contributed by atoms with Gasteiger partial charge in [0.2, 0.25) is 0 Å². The highest BCUT2D eigenvalue weighted by molar-refractivity contribution is 5.72. The lowest BCUT2D eigenvalue weighted by atomic mass is 10.1. The average Bonchev–Trinajstić information content (AvgIpc) is 2.89. The van der Waals surface area contributed by atoms with Crippen LogP contribution in [0.25, 0.3) is 16.9 Å². The molecule has 6 heteroatoms. The number of aromatic hydroxyl groups is 1. The first-order valence-electron chi connectivity index (χ1n) is 6.76. The van der Waals surface area contributed by atoms with E-state index < -0.39 is 0 Å². The second-order valence-electron chi connectivity index (χ2n) is 4.91. The third-order valence-corrected chi connectivity index (χ3v) is 3.48. The summed E-state index contributed by atoms with van der Waals surface area (Å²) >= 11 is 0. The van der Waals surface area contributed by atoms with Gasteiger partial charge in [0.25, 0.3) is 0 Å². The zero-order valence-corrected chi connectivity index (χ0v) is 12.3. The molecule has 1 heterocycles. The number of para-hydroxylation sites is 2. The first-order valence-corrected chi connectivity index (χ1v) is 6.76. The van der Waals surface area contributed by atoms with Crippen molar-refractivity contribution in [1.29, 1.82) is 0 Å². The van der Waals surface area contributed by atoms with Crippen LogP contribution in [-0.2, 0) is 0 Å². The maximum Gasteiger partial charge on any atom is 0.156 e. The van der Waals surface area contributed by atoms with Crippen molar-refractivity contribution in [3.8, 4) is 28.4 Å². The lowest BCUT2D eigenvalue weighted by Crippen LogP contribution is -2.02. The molecule has 0 fully saturated rings. The van der Waals surface area contributed by atoms with Crippen molar-refractivity contribution in [3.63, 3.8) is 0 Å². The largest absolute Gasteiger partial charge is 0.506 e. The van der Waals surface area contributed by atoms with Gasteiger partial charge in [0.1, 0.15) is 22.9 Å². The minimum atomic E-state index is 0.0940. The summed E-state index contributed by atoms with van der Waals surface area (Å²) in [5.41, 5.74) is 9.03. The molecule has 0 radical (unpaired) electrons. The third kappa shape index (κ3) is 2.24. The van der Waals surface area contributed by atoms with E-state index in [1.807, 2.05) is 25.1 Å². The highest BCUT2D eigenvalue weighted by Gasteiger charge is 2.15. The number of ether oxygens (including phenoxy) is 1. The number of aromatic nitrogens is 3. The summed E-state index contributed by atoms with van der Waals surface area (Å²) in [6, 6.07) is 12.5. The summed E-state index contributed by atoms with van der Waals surface area (Å²) in [6.45, 7) is 1.95. The molecule has 0 aliphatic heterocycles. The Bertz CT molecular complexity index is 827. The smallest absolute Gasteiger partial charge is 0.156 e. The minimum Gasteiger partial charge on any atom is -0.506 e. The number of nitrogens with zero attached hydrogens (tertiary/aromatic N) is 3. The molecule has 0 bridgehead atoms. The highest BCUT2D eigenvalue weighted by atomic mass is 16.5. The number of aryl methyl sites for hydroxylation is 1. The van der Waals surface area contributed by atoms with Crippen LogP contribution >= 0.6 is 0 Å². The molecule has 0 saturated carbocycles. The molecule has 6 nitrogen and oxygen atoms in total. The molecule has 0 amide bonds. The van der Waals surface area contributed by atoms with Gasteiger partial charge in [-0.1, -0.05) is 17.3 Å². The molecule has 2 aromatic carbocycles. The van der Waals surface area contributed by atoms with Crippen molar-refractivity contribution in [3.05, 3.63) is 48.0 Å². The Balaban J connectivity index is 2.08. The van der Waals surface area contributed by atoms with Gasteiger partial charge in [-0.05, 0) is 42.8 Å². The van der Waals surface area contributed by atoms with E-state index in [0.717, 1.165) is 16.9 Å². The maximum absolute atomic E-state index is 9.92. The maximum atomic E-state index is 9.92. The Hall–Kier alpha value is -3.02. The first kappa shape index (κ1) is 13.9. The van der Waals surface area contributed by atoms with Crippen molar-refractivity contribution >= 4 is 5.82 Å². The number of hydrogen-bond donors (Lipinski definition) is 2. The predicted octanol–water partition coefficient (Wildman–Crippen LogP) is 2.54. The van der Waals surface area contributed by atoms with Gasteiger partial charge in [-0.25, -0.2) is 0 Å². The zero-order valence-electron chi connectivity index (χ0n) is 12.3. The third-order valence-electron chi connectivity index (χ3n) is 3.48. The van der Waals surface area contributed by atoms with Crippen molar-refractivity contribution in [2.45, 2.75) is 6.92 Å². The van der Waals surface area contributed by atoms with E-state index in [2.05, 4.69) is 10.3 Å². The number of nitrogens with two attached hydrogens (primary N) is 1. The molecular weight excluding hydrogens is 280 g/mol. The van der Waals surface area contributed by atoms with Crippen LogP contribution in [0.4, 0.5) is 5.82 Å². The van der Waals surface area contributed by atoms with Gasteiger partial charge >= 0.3 is 0 Å². The molecule has 3 N–H and O–H groups in total. The lowest BCUT2D eigenvalue weighted by molar-refractivity contribution is 0.412. The number of phenols is 1. The van der Waals surface area contributed by atoms with Crippen LogP contribution < -0.4 is 10.5 Å². The van der Waals surface area contributed by atoms with Crippen LogP contribution in [0, 0.1) is 6.92 Å². The topological polar surface area (TPSA) is 86.2 Å².